The van der Waals surface area contributed by atoms with Crippen molar-refractivity contribution in [3.63, 3.8) is 0 Å². The molecule has 5 rings (SSSR count). The number of rotatable bonds is 16. The second kappa shape index (κ2) is 17.9. The molecule has 1 amide bonds. The van der Waals surface area contributed by atoms with E-state index in [9.17, 15) is 9.59 Å². The molecule has 1 fully saturated rings. The van der Waals surface area contributed by atoms with E-state index in [0.717, 1.165) is 51.6 Å². The lowest BCUT2D eigenvalue weighted by Gasteiger charge is -2.39. The van der Waals surface area contributed by atoms with Crippen LogP contribution in [-0.4, -0.2) is 77.0 Å². The third-order valence-corrected chi connectivity index (χ3v) is 8.54. The fourth-order valence-electron chi connectivity index (χ4n) is 6.15. The highest BCUT2D eigenvalue weighted by Crippen LogP contribution is 2.29. The lowest BCUT2D eigenvalue weighted by Crippen LogP contribution is -2.52. The molecule has 0 bridgehead atoms. The second-order valence-corrected chi connectivity index (χ2v) is 11.9. The molecule has 2 aromatic heterocycles. The van der Waals surface area contributed by atoms with Gasteiger partial charge in [-0.2, -0.15) is 0 Å². The maximum absolute atomic E-state index is 13.1. The number of amides is 1. The Morgan fingerprint density at radius 2 is 1.24 bits per heavy atom. The lowest BCUT2D eigenvalue weighted by molar-refractivity contribution is -0.148. The van der Waals surface area contributed by atoms with Crippen LogP contribution in [0, 0.1) is 0 Å². The number of benzene rings is 2. The van der Waals surface area contributed by atoms with Crippen molar-refractivity contribution in [2.24, 2.45) is 0 Å². The summed E-state index contributed by atoms with van der Waals surface area (Å²) in [6.07, 6.45) is 12.3. The fourth-order valence-corrected chi connectivity index (χ4v) is 6.15. The van der Waals surface area contributed by atoms with Crippen LogP contribution in [0.1, 0.15) is 54.0 Å². The molecule has 0 spiro atoms. The Bertz CT molecular complexity index is 1360. The monoisotopic (exact) mass is 619 g/mol. The number of piperazine rings is 1. The molecule has 2 aromatic carbocycles. The van der Waals surface area contributed by atoms with Gasteiger partial charge in [0.05, 0.1) is 19.1 Å². The van der Waals surface area contributed by atoms with Gasteiger partial charge < -0.3 is 9.64 Å². The van der Waals surface area contributed by atoms with Crippen molar-refractivity contribution in [2.45, 2.75) is 50.7 Å². The van der Waals surface area contributed by atoms with Gasteiger partial charge in [-0.25, -0.2) is 0 Å². The third kappa shape index (κ3) is 10.3. The Kier molecular flexibility index (Phi) is 12.8. The lowest BCUT2D eigenvalue weighted by atomic mass is 9.96. The van der Waals surface area contributed by atoms with E-state index in [2.05, 4.69) is 80.8 Å². The van der Waals surface area contributed by atoms with Crippen LogP contribution in [0.25, 0.3) is 0 Å². The number of carbonyl (C=O) groups is 2. The third-order valence-electron chi connectivity index (χ3n) is 8.54. The van der Waals surface area contributed by atoms with Gasteiger partial charge in [-0.05, 0) is 72.9 Å². The largest absolute Gasteiger partial charge is 0.461 e. The molecular formula is C38H45N5O3. The van der Waals surface area contributed by atoms with E-state index in [1.165, 1.54) is 22.3 Å². The summed E-state index contributed by atoms with van der Waals surface area (Å²) in [4.78, 5) is 38.6. The van der Waals surface area contributed by atoms with Gasteiger partial charge in [0.1, 0.15) is 6.10 Å². The van der Waals surface area contributed by atoms with Crippen molar-refractivity contribution in [1.82, 2.24) is 25.1 Å². The molecule has 0 saturated carbocycles. The van der Waals surface area contributed by atoms with Gasteiger partial charge >= 0.3 is 5.97 Å². The molecule has 1 aliphatic heterocycles. The summed E-state index contributed by atoms with van der Waals surface area (Å²) in [5, 5.41) is 3.04. The van der Waals surface area contributed by atoms with Crippen LogP contribution < -0.4 is 5.32 Å². The van der Waals surface area contributed by atoms with E-state index < -0.39 is 0 Å². The van der Waals surface area contributed by atoms with E-state index in [4.69, 9.17) is 4.74 Å². The zero-order chi connectivity index (χ0) is 31.8. The first-order chi connectivity index (χ1) is 22.7. The quantitative estimate of drug-likeness (QED) is 0.171. The smallest absolute Gasteiger partial charge is 0.320 e. The maximum atomic E-state index is 13.1. The summed E-state index contributed by atoms with van der Waals surface area (Å²) < 4.78 is 5.91. The summed E-state index contributed by atoms with van der Waals surface area (Å²) >= 11 is 0. The summed E-state index contributed by atoms with van der Waals surface area (Å²) in [5.74, 6) is -0.313. The molecule has 0 aliphatic carbocycles. The molecule has 1 aliphatic rings. The molecule has 8 heteroatoms. The molecule has 1 N–H and O–H groups in total. The number of pyridine rings is 2. The van der Waals surface area contributed by atoms with Crippen LogP contribution in [0.3, 0.4) is 0 Å². The molecule has 0 atom stereocenters. The molecule has 4 aromatic rings. The maximum Gasteiger partial charge on any atom is 0.320 e. The average molecular weight is 620 g/mol. The van der Waals surface area contributed by atoms with Crippen LogP contribution in [0.4, 0.5) is 0 Å². The fraction of sp³-hybridized carbons (Fsp3) is 0.368. The summed E-state index contributed by atoms with van der Waals surface area (Å²) in [7, 11) is 0. The minimum Gasteiger partial charge on any atom is -0.461 e. The Morgan fingerprint density at radius 3 is 1.74 bits per heavy atom. The number of hydrogen-bond acceptors (Lipinski definition) is 7. The van der Waals surface area contributed by atoms with Crippen molar-refractivity contribution in [1.29, 1.82) is 0 Å². The van der Waals surface area contributed by atoms with E-state index in [-0.39, 0.29) is 37.1 Å². The number of ether oxygens (including phenoxy) is 1. The predicted molar refractivity (Wildman–Crippen MR) is 180 cm³/mol. The molecule has 46 heavy (non-hydrogen) atoms. The summed E-state index contributed by atoms with van der Waals surface area (Å²) in [5.41, 5.74) is 4.86. The number of carbonyl (C=O) groups excluding carboxylic acids is 2. The van der Waals surface area contributed by atoms with Gasteiger partial charge in [-0.3, -0.25) is 29.8 Å². The summed E-state index contributed by atoms with van der Waals surface area (Å²) in [6, 6.07) is 29.3. The second-order valence-electron chi connectivity index (χ2n) is 11.9. The van der Waals surface area contributed by atoms with E-state index in [1.807, 2.05) is 41.6 Å². The zero-order valence-electron chi connectivity index (χ0n) is 26.5. The van der Waals surface area contributed by atoms with Crippen LogP contribution in [0.5, 0.6) is 0 Å². The Hall–Kier alpha value is -4.40. The van der Waals surface area contributed by atoms with Crippen molar-refractivity contribution in [3.05, 3.63) is 132 Å². The first-order valence-electron chi connectivity index (χ1n) is 16.5. The molecular weight excluding hydrogens is 574 g/mol. The van der Waals surface area contributed by atoms with E-state index in [1.54, 1.807) is 12.4 Å². The Morgan fingerprint density at radius 1 is 0.696 bits per heavy atom. The van der Waals surface area contributed by atoms with Crippen LogP contribution in [0.15, 0.2) is 110 Å². The van der Waals surface area contributed by atoms with E-state index in [0.29, 0.717) is 13.1 Å². The highest BCUT2D eigenvalue weighted by Gasteiger charge is 2.28. The molecule has 1 saturated heterocycles. The van der Waals surface area contributed by atoms with Gasteiger partial charge in [0.15, 0.2) is 0 Å². The molecule has 0 unspecified atom stereocenters. The van der Waals surface area contributed by atoms with Crippen molar-refractivity contribution < 1.29 is 14.3 Å². The zero-order valence-corrected chi connectivity index (χ0v) is 26.5. The molecule has 8 nitrogen and oxygen atoms in total. The van der Waals surface area contributed by atoms with Gasteiger partial charge in [-0.1, -0.05) is 72.8 Å². The van der Waals surface area contributed by atoms with Crippen LogP contribution >= 0.6 is 0 Å². The number of hydrogen-bond donors (Lipinski definition) is 1. The topological polar surface area (TPSA) is 87.7 Å². The van der Waals surface area contributed by atoms with Crippen LogP contribution in [0.2, 0.25) is 0 Å². The minimum atomic E-state index is -0.320. The molecule has 0 radical (unpaired) electrons. The van der Waals surface area contributed by atoms with Gasteiger partial charge in [0.2, 0.25) is 5.91 Å². The van der Waals surface area contributed by atoms with Gasteiger partial charge in [0, 0.05) is 51.0 Å². The standard InChI is InChI=1S/C38H45N5O3/c44-36(42-23-25-43(26-24-42)38(33-15-3-1-4-16-33)34-17-5-2-6-18-34)29-41-30-37(45)46-35(19-7-11-31-13-9-21-39-27-31)20-8-12-32-14-10-22-40-28-32/h1-6,9-10,13-18,21-22,27-28,35,38,41H,7-8,11-12,19-20,23-26,29-30H2. The molecule has 240 valence electrons. The van der Waals surface area contributed by atoms with Gasteiger partial charge in [-0.15, -0.1) is 0 Å². The number of nitrogens with zero attached hydrogens (tertiary/aromatic N) is 4. The normalized spacial score (nSPS) is 13.7. The Balaban J connectivity index is 1.06. The average Bonchev–Trinajstić information content (AvgIpc) is 3.10. The van der Waals surface area contributed by atoms with Gasteiger partial charge in [0.25, 0.3) is 0 Å². The van der Waals surface area contributed by atoms with E-state index >= 15 is 0 Å². The predicted octanol–water partition coefficient (Wildman–Crippen LogP) is 5.26. The minimum absolute atomic E-state index is 0.00733. The Labute approximate surface area is 272 Å². The molecule has 3 heterocycles. The van der Waals surface area contributed by atoms with Crippen molar-refractivity contribution in [2.75, 3.05) is 39.3 Å². The highest BCUT2D eigenvalue weighted by molar-refractivity contribution is 5.79. The van der Waals surface area contributed by atoms with Crippen molar-refractivity contribution >= 4 is 11.9 Å². The number of aryl methyl sites for hydroxylation is 2. The first kappa shape index (κ1) is 33.0. The van der Waals surface area contributed by atoms with Crippen molar-refractivity contribution in [3.8, 4) is 0 Å². The highest BCUT2D eigenvalue weighted by atomic mass is 16.5. The summed E-state index contributed by atoms with van der Waals surface area (Å²) in [6.45, 7) is 2.98. The number of aromatic nitrogens is 2. The van der Waals surface area contributed by atoms with Crippen LogP contribution in [-0.2, 0) is 27.2 Å². The SMILES string of the molecule is O=C(CNCC(=O)N1CCN(C(c2ccccc2)c2ccccc2)CC1)OC(CCCc1cccnc1)CCCc1cccnc1. The first-order valence-corrected chi connectivity index (χ1v) is 16.5. The number of esters is 1. The number of nitrogens with one attached hydrogen (secondary N) is 1.